The number of aryl methyl sites for hydroxylation is 2. The summed E-state index contributed by atoms with van der Waals surface area (Å²) in [6.07, 6.45) is 7.77. The summed E-state index contributed by atoms with van der Waals surface area (Å²) < 4.78 is 11.3. The summed E-state index contributed by atoms with van der Waals surface area (Å²) in [6.45, 7) is 4.60. The van der Waals surface area contributed by atoms with E-state index in [1.165, 1.54) is 35.7 Å². The SMILES string of the molecule is COc1cccc(Nc2c(C(N)=O)cnc3c(C)cc(Sc4cccc(C(=O)Nc5ccc(CCCCOCCCCCCNCC(O)c6ccc(O)c7[nH]c(=O)ccc67)cc5)c4)cc23)c1. The Balaban J connectivity index is 0.802. The molecule has 2 amide bonds. The highest BCUT2D eigenvalue weighted by molar-refractivity contribution is 7.99. The number of nitrogens with zero attached hydrogens (tertiary/aromatic N) is 1. The number of anilines is 3. The van der Waals surface area contributed by atoms with Crippen LogP contribution in [0.4, 0.5) is 17.1 Å². The summed E-state index contributed by atoms with van der Waals surface area (Å²) in [4.78, 5) is 46.6. The smallest absolute Gasteiger partial charge is 0.255 e. The highest BCUT2D eigenvalue weighted by atomic mass is 32.2. The Morgan fingerprint density at radius 1 is 0.833 bits per heavy atom. The Bertz CT molecular complexity index is 2850. The molecule has 0 aliphatic heterocycles. The monoisotopic (exact) mass is 908 g/mol. The van der Waals surface area contributed by atoms with Crippen LogP contribution in [-0.4, -0.2) is 65.4 Å². The molecule has 0 radical (unpaired) electrons. The molecule has 14 heteroatoms. The molecule has 0 bridgehead atoms. The standard InChI is InChI=1S/C52H56N6O7S/c1-33-27-40(30-43-48(33)55-31-44(51(53)62)49(43)56-37-13-10-14-38(29-37)64-2)66-39-15-9-12-35(28-39)52(63)57-36-18-16-34(17-19-36)11-5-8-26-65-25-7-4-3-6-24-54-32-46(60)41-20-22-45(59)50-42(41)21-23-47(61)58-50/h9-10,12-23,27-31,46,54,59-60H,3-8,11,24-26,32H2,1-2H3,(H2,53,62)(H,55,56)(H,57,63)(H,58,61). The molecule has 1 unspecified atom stereocenters. The number of methoxy groups -OCH3 is 1. The predicted octanol–water partition coefficient (Wildman–Crippen LogP) is 9.57. The number of carbonyl (C=O) groups is 2. The van der Waals surface area contributed by atoms with Gasteiger partial charge in [-0.3, -0.25) is 19.4 Å². The van der Waals surface area contributed by atoms with Gasteiger partial charge in [0.25, 0.3) is 11.8 Å². The van der Waals surface area contributed by atoms with Gasteiger partial charge in [0.15, 0.2) is 0 Å². The fraction of sp³-hybridized carbons (Fsp3) is 0.269. The number of unbranched alkanes of at least 4 members (excludes halogenated alkanes) is 4. The average molecular weight is 909 g/mol. The molecule has 7 rings (SSSR count). The number of phenolic OH excluding ortho intramolecular Hbond substituents is 1. The fourth-order valence-corrected chi connectivity index (χ4v) is 8.83. The summed E-state index contributed by atoms with van der Waals surface area (Å²) in [7, 11) is 1.60. The molecule has 0 saturated heterocycles. The number of aliphatic hydroxyl groups is 1. The number of aromatic hydroxyl groups is 1. The molecular formula is C52H56N6O7S. The van der Waals surface area contributed by atoms with Crippen LogP contribution in [0.5, 0.6) is 11.5 Å². The molecule has 342 valence electrons. The number of nitrogens with two attached hydrogens (primary N) is 1. The average Bonchev–Trinajstić information content (AvgIpc) is 3.31. The first-order valence-electron chi connectivity index (χ1n) is 22.2. The Morgan fingerprint density at radius 3 is 2.42 bits per heavy atom. The second-order valence-electron chi connectivity index (χ2n) is 16.2. The normalized spacial score (nSPS) is 11.7. The third-order valence-electron chi connectivity index (χ3n) is 11.3. The summed E-state index contributed by atoms with van der Waals surface area (Å²) in [5.74, 6) is -0.148. The maximum absolute atomic E-state index is 13.4. The van der Waals surface area contributed by atoms with E-state index in [4.69, 9.17) is 15.2 Å². The van der Waals surface area contributed by atoms with Gasteiger partial charge in [0.1, 0.15) is 11.5 Å². The third kappa shape index (κ3) is 12.5. The number of pyridine rings is 2. The molecule has 0 aliphatic carbocycles. The second-order valence-corrected chi connectivity index (χ2v) is 17.3. The zero-order chi connectivity index (χ0) is 46.4. The van der Waals surface area contributed by atoms with Crippen molar-refractivity contribution in [1.82, 2.24) is 15.3 Å². The van der Waals surface area contributed by atoms with Crippen molar-refractivity contribution in [3.8, 4) is 11.5 Å². The van der Waals surface area contributed by atoms with Crippen molar-refractivity contribution in [3.05, 3.63) is 154 Å². The van der Waals surface area contributed by atoms with Crippen LogP contribution in [-0.2, 0) is 11.2 Å². The number of benzene rings is 5. The lowest BCUT2D eigenvalue weighted by Crippen LogP contribution is -2.22. The molecular weight excluding hydrogens is 853 g/mol. The van der Waals surface area contributed by atoms with Crippen molar-refractivity contribution >= 4 is 62.4 Å². The lowest BCUT2D eigenvalue weighted by Gasteiger charge is -2.16. The first-order chi connectivity index (χ1) is 32.1. The van der Waals surface area contributed by atoms with E-state index in [2.05, 4.69) is 38.1 Å². The third-order valence-corrected chi connectivity index (χ3v) is 12.2. The molecule has 7 aromatic rings. The van der Waals surface area contributed by atoms with Gasteiger partial charge in [-0.05, 0) is 129 Å². The number of primary amides is 1. The maximum Gasteiger partial charge on any atom is 0.255 e. The number of hydrogen-bond acceptors (Lipinski definition) is 11. The maximum atomic E-state index is 13.4. The van der Waals surface area contributed by atoms with Crippen molar-refractivity contribution in [1.29, 1.82) is 0 Å². The minimum Gasteiger partial charge on any atom is -0.506 e. The number of fused-ring (bicyclic) bond motifs is 2. The summed E-state index contributed by atoms with van der Waals surface area (Å²) in [5, 5.41) is 31.9. The number of nitrogens with one attached hydrogen (secondary N) is 4. The van der Waals surface area contributed by atoms with Gasteiger partial charge in [-0.1, -0.05) is 54.9 Å². The van der Waals surface area contributed by atoms with Gasteiger partial charge in [-0.25, -0.2) is 0 Å². The fourth-order valence-electron chi connectivity index (χ4n) is 7.81. The van der Waals surface area contributed by atoms with E-state index in [0.717, 1.165) is 102 Å². The first kappa shape index (κ1) is 47.3. The Morgan fingerprint density at radius 2 is 1.62 bits per heavy atom. The summed E-state index contributed by atoms with van der Waals surface area (Å²) >= 11 is 1.51. The molecule has 0 fully saturated rings. The van der Waals surface area contributed by atoms with Crippen LogP contribution in [0.2, 0.25) is 0 Å². The molecule has 13 nitrogen and oxygen atoms in total. The number of hydrogen-bond donors (Lipinski definition) is 7. The highest BCUT2D eigenvalue weighted by Crippen LogP contribution is 2.37. The van der Waals surface area contributed by atoms with E-state index in [9.17, 15) is 24.6 Å². The molecule has 0 aliphatic rings. The largest absolute Gasteiger partial charge is 0.506 e. The van der Waals surface area contributed by atoms with Crippen LogP contribution in [0.15, 0.2) is 130 Å². The van der Waals surface area contributed by atoms with E-state index in [0.29, 0.717) is 40.0 Å². The summed E-state index contributed by atoms with van der Waals surface area (Å²) in [6, 6.07) is 33.1. The van der Waals surface area contributed by atoms with Crippen LogP contribution >= 0.6 is 11.8 Å². The van der Waals surface area contributed by atoms with Gasteiger partial charge in [-0.15, -0.1) is 0 Å². The molecule has 5 aromatic carbocycles. The number of amides is 2. The van der Waals surface area contributed by atoms with Gasteiger partial charge in [0, 0.05) is 75.6 Å². The number of phenols is 1. The number of rotatable bonds is 23. The zero-order valence-electron chi connectivity index (χ0n) is 37.2. The van der Waals surface area contributed by atoms with E-state index in [1.807, 2.05) is 73.7 Å². The zero-order valence-corrected chi connectivity index (χ0v) is 38.0. The quantitative estimate of drug-likeness (QED) is 0.0302. The number of aliphatic hydroxyl groups excluding tert-OH is 1. The molecule has 2 heterocycles. The topological polar surface area (TPSA) is 201 Å². The predicted molar refractivity (Wildman–Crippen MR) is 263 cm³/mol. The molecule has 2 aromatic heterocycles. The van der Waals surface area contributed by atoms with Crippen LogP contribution in [0.25, 0.3) is 21.8 Å². The lowest BCUT2D eigenvalue weighted by atomic mass is 10.0. The van der Waals surface area contributed by atoms with Gasteiger partial charge in [0.2, 0.25) is 5.56 Å². The number of ether oxygens (including phenoxy) is 2. The van der Waals surface area contributed by atoms with Crippen LogP contribution in [0.1, 0.15) is 82.0 Å². The van der Waals surface area contributed by atoms with Gasteiger partial charge in [-0.2, -0.15) is 0 Å². The van der Waals surface area contributed by atoms with Crippen molar-refractivity contribution in [2.75, 3.05) is 44.0 Å². The van der Waals surface area contributed by atoms with E-state index < -0.39 is 12.0 Å². The number of carbonyl (C=O) groups excluding carboxylic acids is 2. The van der Waals surface area contributed by atoms with Crippen molar-refractivity contribution in [2.24, 2.45) is 5.73 Å². The second kappa shape index (κ2) is 23.0. The molecule has 0 spiro atoms. The molecule has 1 atom stereocenters. The minimum atomic E-state index is -0.762. The van der Waals surface area contributed by atoms with Crippen LogP contribution in [0, 0.1) is 6.92 Å². The lowest BCUT2D eigenvalue weighted by molar-refractivity contribution is 0.0998. The molecule has 0 saturated carbocycles. The Hall–Kier alpha value is -6.71. The number of H-pyrrole nitrogens is 1. The molecule has 8 N–H and O–H groups in total. The van der Waals surface area contributed by atoms with E-state index in [-0.39, 0.29) is 22.8 Å². The Kier molecular flexibility index (Phi) is 16.4. The highest BCUT2D eigenvalue weighted by Gasteiger charge is 2.18. The van der Waals surface area contributed by atoms with Gasteiger partial charge >= 0.3 is 0 Å². The summed E-state index contributed by atoms with van der Waals surface area (Å²) in [5.41, 5.74) is 12.2. The van der Waals surface area contributed by atoms with Crippen molar-refractivity contribution in [3.63, 3.8) is 0 Å². The minimum absolute atomic E-state index is 0.0212. The van der Waals surface area contributed by atoms with E-state index >= 15 is 0 Å². The van der Waals surface area contributed by atoms with Gasteiger partial charge < -0.3 is 46.4 Å². The van der Waals surface area contributed by atoms with Gasteiger partial charge in [0.05, 0.1) is 35.5 Å². The molecule has 66 heavy (non-hydrogen) atoms. The van der Waals surface area contributed by atoms with Crippen LogP contribution in [0.3, 0.4) is 0 Å². The van der Waals surface area contributed by atoms with Crippen LogP contribution < -0.4 is 32.0 Å². The Labute approximate surface area is 388 Å². The number of aromatic nitrogens is 2. The van der Waals surface area contributed by atoms with E-state index in [1.54, 1.807) is 25.3 Å². The van der Waals surface area contributed by atoms with Crippen molar-refractivity contribution in [2.45, 2.75) is 67.8 Å². The first-order valence-corrected chi connectivity index (χ1v) is 23.0. The number of aromatic amines is 1. The van der Waals surface area contributed by atoms with Crippen molar-refractivity contribution < 1.29 is 29.3 Å².